The first kappa shape index (κ1) is 14.3. The number of carbonyl (C=O) groups excluding carboxylic acids is 1. The summed E-state index contributed by atoms with van der Waals surface area (Å²) in [7, 11) is 1.37. The van der Waals surface area contributed by atoms with Gasteiger partial charge >= 0.3 is 5.97 Å². The van der Waals surface area contributed by atoms with Crippen molar-refractivity contribution < 1.29 is 9.53 Å². The van der Waals surface area contributed by atoms with E-state index in [1.165, 1.54) is 7.11 Å². The molecular weight excluding hydrogens is 307 g/mol. The minimum Gasteiger partial charge on any atom is -0.468 e. The van der Waals surface area contributed by atoms with Gasteiger partial charge in [-0.2, -0.15) is 0 Å². The van der Waals surface area contributed by atoms with Crippen LogP contribution < -0.4 is 4.90 Å². The zero-order valence-electron chi connectivity index (χ0n) is 9.74. The Bertz CT molecular complexity index is 401. The van der Waals surface area contributed by atoms with E-state index in [1.54, 1.807) is 12.3 Å². The molecule has 6 heteroatoms. The van der Waals surface area contributed by atoms with Gasteiger partial charge in [0.2, 0.25) is 0 Å². The lowest BCUT2D eigenvalue weighted by molar-refractivity contribution is -0.138. The molecule has 0 spiro atoms. The lowest BCUT2D eigenvalue weighted by Crippen LogP contribution is -2.32. The van der Waals surface area contributed by atoms with E-state index in [2.05, 4.69) is 25.7 Å². The van der Waals surface area contributed by atoms with Crippen LogP contribution in [0.2, 0.25) is 5.02 Å². The van der Waals surface area contributed by atoms with Crippen LogP contribution in [0.5, 0.6) is 0 Å². The molecule has 94 valence electrons. The molecule has 0 aliphatic rings. The summed E-state index contributed by atoms with van der Waals surface area (Å²) in [4.78, 5) is 17.4. The van der Waals surface area contributed by atoms with Crippen LogP contribution >= 0.6 is 27.5 Å². The van der Waals surface area contributed by atoms with Gasteiger partial charge in [-0.25, -0.2) is 4.98 Å². The molecule has 1 rings (SSSR count). The summed E-state index contributed by atoms with van der Waals surface area (Å²) >= 11 is 9.22. The molecule has 1 aromatic rings. The lowest BCUT2D eigenvalue weighted by Gasteiger charge is -2.22. The second-order valence-electron chi connectivity index (χ2n) is 3.46. The van der Waals surface area contributed by atoms with Gasteiger partial charge in [-0.15, -0.1) is 0 Å². The fourth-order valence-corrected chi connectivity index (χ4v) is 2.28. The Labute approximate surface area is 114 Å². The Morgan fingerprint density at radius 3 is 2.88 bits per heavy atom. The summed E-state index contributed by atoms with van der Waals surface area (Å²) in [5.41, 5.74) is 0. The molecule has 0 aliphatic heterocycles. The Morgan fingerprint density at radius 1 is 1.65 bits per heavy atom. The number of methoxy groups -OCH3 is 1. The number of aromatic nitrogens is 1. The minimum atomic E-state index is -0.290. The summed E-state index contributed by atoms with van der Waals surface area (Å²) in [5.74, 6) is 0.406. The molecule has 0 aromatic carbocycles. The van der Waals surface area contributed by atoms with Crippen LogP contribution in [0, 0.1) is 0 Å². The van der Waals surface area contributed by atoms with Crippen molar-refractivity contribution in [3.63, 3.8) is 0 Å². The van der Waals surface area contributed by atoms with E-state index in [9.17, 15) is 4.79 Å². The van der Waals surface area contributed by atoms with Crippen LogP contribution in [0.1, 0.15) is 13.3 Å². The average molecular weight is 322 g/mol. The van der Waals surface area contributed by atoms with Crippen molar-refractivity contribution in [3.05, 3.63) is 21.8 Å². The summed E-state index contributed by atoms with van der Waals surface area (Å²) < 4.78 is 5.43. The van der Waals surface area contributed by atoms with Crippen molar-refractivity contribution >= 4 is 39.3 Å². The predicted octanol–water partition coefficient (Wildman–Crippen LogP) is 2.89. The highest BCUT2D eigenvalue weighted by Crippen LogP contribution is 2.26. The van der Waals surface area contributed by atoms with Crippen molar-refractivity contribution in [2.75, 3.05) is 25.1 Å². The number of nitrogens with zero attached hydrogens (tertiary/aromatic N) is 2. The molecule has 1 heterocycles. The zero-order chi connectivity index (χ0) is 12.8. The molecular formula is C11H14BrClN2O2. The SMILES string of the molecule is CCCN(CC(=O)OC)c1ncc(Cl)cc1Br. The van der Waals surface area contributed by atoms with Crippen molar-refractivity contribution in [3.8, 4) is 0 Å². The van der Waals surface area contributed by atoms with Crippen molar-refractivity contribution in [1.82, 2.24) is 4.98 Å². The van der Waals surface area contributed by atoms with E-state index < -0.39 is 0 Å². The first-order valence-electron chi connectivity index (χ1n) is 5.21. The molecule has 0 N–H and O–H groups in total. The van der Waals surface area contributed by atoms with Crippen molar-refractivity contribution in [1.29, 1.82) is 0 Å². The fraction of sp³-hybridized carbons (Fsp3) is 0.455. The Hall–Kier alpha value is -0.810. The Balaban J connectivity index is 2.92. The molecule has 0 fully saturated rings. The van der Waals surface area contributed by atoms with E-state index in [-0.39, 0.29) is 12.5 Å². The van der Waals surface area contributed by atoms with E-state index in [0.29, 0.717) is 10.8 Å². The summed E-state index contributed by atoms with van der Waals surface area (Å²) in [6, 6.07) is 1.75. The van der Waals surface area contributed by atoms with Gasteiger partial charge in [0.25, 0.3) is 0 Å². The number of halogens is 2. The van der Waals surface area contributed by atoms with Gasteiger partial charge in [-0.05, 0) is 28.4 Å². The summed E-state index contributed by atoms with van der Waals surface area (Å²) in [5, 5.41) is 0.551. The zero-order valence-corrected chi connectivity index (χ0v) is 12.1. The maximum absolute atomic E-state index is 11.3. The topological polar surface area (TPSA) is 42.4 Å². The normalized spacial score (nSPS) is 10.1. The van der Waals surface area contributed by atoms with Crippen molar-refractivity contribution in [2.45, 2.75) is 13.3 Å². The molecule has 0 radical (unpaired) electrons. The number of esters is 1. The second kappa shape index (κ2) is 6.81. The van der Waals surface area contributed by atoms with Gasteiger partial charge in [0, 0.05) is 12.7 Å². The third-order valence-electron chi connectivity index (χ3n) is 2.13. The number of pyridine rings is 1. The molecule has 0 saturated carbocycles. The quantitative estimate of drug-likeness (QED) is 0.782. The number of hydrogen-bond donors (Lipinski definition) is 0. The maximum atomic E-state index is 11.3. The predicted molar refractivity (Wildman–Crippen MR) is 71.5 cm³/mol. The molecule has 0 unspecified atom stereocenters. The summed E-state index contributed by atoms with van der Waals surface area (Å²) in [6.07, 6.45) is 2.47. The van der Waals surface area contributed by atoms with Gasteiger partial charge in [0.15, 0.2) is 0 Å². The number of carbonyl (C=O) groups is 1. The van der Waals surface area contributed by atoms with E-state index in [0.717, 1.165) is 17.4 Å². The van der Waals surface area contributed by atoms with Gasteiger partial charge in [0.1, 0.15) is 12.4 Å². The van der Waals surface area contributed by atoms with Crippen molar-refractivity contribution in [2.24, 2.45) is 0 Å². The summed E-state index contributed by atoms with van der Waals surface area (Å²) in [6.45, 7) is 2.94. The van der Waals surface area contributed by atoms with Crippen LogP contribution in [0.25, 0.3) is 0 Å². The first-order valence-corrected chi connectivity index (χ1v) is 6.38. The number of ether oxygens (including phenoxy) is 1. The highest BCUT2D eigenvalue weighted by Gasteiger charge is 2.15. The molecule has 0 saturated heterocycles. The molecule has 0 amide bonds. The molecule has 1 aromatic heterocycles. The fourth-order valence-electron chi connectivity index (χ4n) is 1.39. The van der Waals surface area contributed by atoms with Crippen LogP contribution in [-0.2, 0) is 9.53 Å². The number of rotatable bonds is 5. The molecule has 0 bridgehead atoms. The third-order valence-corrected chi connectivity index (χ3v) is 2.92. The average Bonchev–Trinajstić information content (AvgIpc) is 2.28. The maximum Gasteiger partial charge on any atom is 0.325 e. The lowest BCUT2D eigenvalue weighted by atomic mass is 10.3. The smallest absolute Gasteiger partial charge is 0.325 e. The van der Waals surface area contributed by atoms with Crippen LogP contribution in [0.4, 0.5) is 5.82 Å². The van der Waals surface area contributed by atoms with Gasteiger partial charge in [0.05, 0.1) is 16.6 Å². The largest absolute Gasteiger partial charge is 0.468 e. The first-order chi connectivity index (χ1) is 8.08. The number of anilines is 1. The Kier molecular flexibility index (Phi) is 5.71. The van der Waals surface area contributed by atoms with Gasteiger partial charge < -0.3 is 9.64 Å². The standard InChI is InChI=1S/C11H14BrClN2O2/c1-3-4-15(7-10(16)17-2)11-9(12)5-8(13)6-14-11/h5-6H,3-4,7H2,1-2H3. The number of hydrogen-bond acceptors (Lipinski definition) is 4. The van der Waals surface area contributed by atoms with Gasteiger partial charge in [-0.3, -0.25) is 4.79 Å². The molecule has 4 nitrogen and oxygen atoms in total. The van der Waals surface area contributed by atoms with E-state index in [4.69, 9.17) is 11.6 Å². The van der Waals surface area contributed by atoms with E-state index >= 15 is 0 Å². The molecule has 0 atom stereocenters. The van der Waals surface area contributed by atoms with Crippen LogP contribution in [-0.4, -0.2) is 31.2 Å². The highest BCUT2D eigenvalue weighted by atomic mass is 79.9. The van der Waals surface area contributed by atoms with Gasteiger partial charge in [-0.1, -0.05) is 18.5 Å². The molecule has 17 heavy (non-hydrogen) atoms. The monoisotopic (exact) mass is 320 g/mol. The van der Waals surface area contributed by atoms with Crippen LogP contribution in [0.15, 0.2) is 16.7 Å². The second-order valence-corrected chi connectivity index (χ2v) is 4.75. The highest BCUT2D eigenvalue weighted by molar-refractivity contribution is 9.10. The minimum absolute atomic E-state index is 0.178. The van der Waals surface area contributed by atoms with E-state index in [1.807, 2.05) is 11.8 Å². The molecule has 0 aliphatic carbocycles. The van der Waals surface area contributed by atoms with Crippen LogP contribution in [0.3, 0.4) is 0 Å². The third kappa shape index (κ3) is 4.16. The Morgan fingerprint density at radius 2 is 2.35 bits per heavy atom.